The Balaban J connectivity index is 2.46. The van der Waals surface area contributed by atoms with Crippen molar-refractivity contribution in [2.24, 2.45) is 0 Å². The Hall–Kier alpha value is -1.42. The lowest BCUT2D eigenvalue weighted by molar-refractivity contribution is 0.764. The molecule has 20 heavy (non-hydrogen) atoms. The van der Waals surface area contributed by atoms with Crippen LogP contribution in [-0.2, 0) is 0 Å². The van der Waals surface area contributed by atoms with E-state index in [0.29, 0.717) is 5.92 Å². The number of anilines is 2. The van der Waals surface area contributed by atoms with Crippen LogP contribution in [0.1, 0.15) is 38.1 Å². The highest BCUT2D eigenvalue weighted by Gasteiger charge is 2.13. The quantitative estimate of drug-likeness (QED) is 0.750. The number of hydrogen-bond acceptors (Lipinski definition) is 3. The third-order valence-corrected chi connectivity index (χ3v) is 3.53. The topological polar surface area (TPSA) is 29.0 Å². The molecule has 0 atom stereocenters. The lowest BCUT2D eigenvalue weighted by Gasteiger charge is -2.23. The number of nitrogens with zero attached hydrogens (tertiary/aromatic N) is 3. The van der Waals surface area contributed by atoms with Crippen molar-refractivity contribution in [3.05, 3.63) is 46.3 Å². The van der Waals surface area contributed by atoms with E-state index >= 15 is 0 Å². The molecule has 0 amide bonds. The van der Waals surface area contributed by atoms with Gasteiger partial charge in [-0.3, -0.25) is 0 Å². The molecular formula is C16H20BrN3. The van der Waals surface area contributed by atoms with Gasteiger partial charge in [-0.05, 0) is 47.5 Å². The van der Waals surface area contributed by atoms with Crippen LogP contribution in [0, 0.1) is 6.92 Å². The normalized spacial score (nSPS) is 10.9. The summed E-state index contributed by atoms with van der Waals surface area (Å²) < 4.78 is 0.831. The van der Waals surface area contributed by atoms with Crippen LogP contribution in [0.2, 0.25) is 0 Å². The van der Waals surface area contributed by atoms with Crippen molar-refractivity contribution in [1.82, 2.24) is 9.97 Å². The van der Waals surface area contributed by atoms with Crippen LogP contribution < -0.4 is 4.90 Å². The van der Waals surface area contributed by atoms with Crippen molar-refractivity contribution >= 4 is 27.4 Å². The first-order valence-corrected chi connectivity index (χ1v) is 7.69. The Kier molecular flexibility index (Phi) is 4.76. The second-order valence-corrected chi connectivity index (χ2v) is 5.96. The fourth-order valence-corrected chi connectivity index (χ4v) is 2.48. The van der Waals surface area contributed by atoms with Crippen molar-refractivity contribution < 1.29 is 0 Å². The smallest absolute Gasteiger partial charge is 0.137 e. The first kappa shape index (κ1) is 15.0. The summed E-state index contributed by atoms with van der Waals surface area (Å²) in [5, 5.41) is 0. The molecule has 1 aromatic carbocycles. The SMILES string of the molecule is CCN(c1cccc(C)c1)c1cc(Br)nc(C(C)C)n1. The molecule has 4 heteroatoms. The molecule has 0 spiro atoms. The highest BCUT2D eigenvalue weighted by molar-refractivity contribution is 9.10. The number of hydrogen-bond donors (Lipinski definition) is 0. The van der Waals surface area contributed by atoms with Crippen molar-refractivity contribution in [3.63, 3.8) is 0 Å². The molecule has 106 valence electrons. The van der Waals surface area contributed by atoms with Crippen LogP contribution in [0.3, 0.4) is 0 Å². The largest absolute Gasteiger partial charge is 0.327 e. The molecule has 0 unspecified atom stereocenters. The zero-order valence-corrected chi connectivity index (χ0v) is 14.0. The summed E-state index contributed by atoms with van der Waals surface area (Å²) in [5.41, 5.74) is 2.41. The molecule has 3 nitrogen and oxygen atoms in total. The number of benzene rings is 1. The maximum atomic E-state index is 4.70. The van der Waals surface area contributed by atoms with Gasteiger partial charge in [-0.2, -0.15) is 0 Å². The third-order valence-electron chi connectivity index (χ3n) is 3.12. The van der Waals surface area contributed by atoms with Gasteiger partial charge >= 0.3 is 0 Å². The van der Waals surface area contributed by atoms with Gasteiger partial charge in [0.1, 0.15) is 16.2 Å². The summed E-state index contributed by atoms with van der Waals surface area (Å²) in [6.45, 7) is 9.31. The molecule has 0 saturated heterocycles. The molecule has 0 saturated carbocycles. The Labute approximate surface area is 129 Å². The molecule has 2 rings (SSSR count). The van der Waals surface area contributed by atoms with Crippen molar-refractivity contribution in [2.75, 3.05) is 11.4 Å². The van der Waals surface area contributed by atoms with E-state index in [-0.39, 0.29) is 0 Å². The van der Waals surface area contributed by atoms with E-state index in [1.807, 2.05) is 6.07 Å². The molecule has 0 radical (unpaired) electrons. The summed E-state index contributed by atoms with van der Waals surface area (Å²) in [7, 11) is 0. The molecule has 1 aromatic heterocycles. The van der Waals surface area contributed by atoms with Gasteiger partial charge in [0.25, 0.3) is 0 Å². The van der Waals surface area contributed by atoms with Crippen molar-refractivity contribution in [3.8, 4) is 0 Å². The Morgan fingerprint density at radius 2 is 1.95 bits per heavy atom. The van der Waals surface area contributed by atoms with Gasteiger partial charge in [0, 0.05) is 24.2 Å². The molecule has 0 fully saturated rings. The Morgan fingerprint density at radius 3 is 2.55 bits per heavy atom. The second kappa shape index (κ2) is 6.35. The van der Waals surface area contributed by atoms with E-state index in [4.69, 9.17) is 4.98 Å². The van der Waals surface area contributed by atoms with E-state index in [1.54, 1.807) is 0 Å². The lowest BCUT2D eigenvalue weighted by Crippen LogP contribution is -2.18. The number of halogens is 1. The molecular weight excluding hydrogens is 314 g/mol. The minimum absolute atomic E-state index is 0.308. The van der Waals surface area contributed by atoms with Crippen LogP contribution in [0.4, 0.5) is 11.5 Å². The zero-order chi connectivity index (χ0) is 14.7. The molecule has 0 N–H and O–H groups in total. The second-order valence-electron chi connectivity index (χ2n) is 5.15. The molecule has 0 aliphatic rings. The Morgan fingerprint density at radius 1 is 1.20 bits per heavy atom. The van der Waals surface area contributed by atoms with Crippen LogP contribution >= 0.6 is 15.9 Å². The lowest BCUT2D eigenvalue weighted by atomic mass is 10.2. The zero-order valence-electron chi connectivity index (χ0n) is 12.4. The maximum Gasteiger partial charge on any atom is 0.137 e. The molecule has 0 bridgehead atoms. The highest BCUT2D eigenvalue weighted by Crippen LogP contribution is 2.27. The van der Waals surface area contributed by atoms with Gasteiger partial charge < -0.3 is 4.90 Å². The van der Waals surface area contributed by atoms with Gasteiger partial charge in [0.05, 0.1) is 0 Å². The van der Waals surface area contributed by atoms with Gasteiger partial charge in [-0.15, -0.1) is 0 Å². The van der Waals surface area contributed by atoms with Crippen LogP contribution in [0.25, 0.3) is 0 Å². The van der Waals surface area contributed by atoms with Gasteiger partial charge in [-0.1, -0.05) is 26.0 Å². The fourth-order valence-electron chi connectivity index (χ4n) is 2.09. The highest BCUT2D eigenvalue weighted by atomic mass is 79.9. The molecule has 2 aromatic rings. The van der Waals surface area contributed by atoms with Gasteiger partial charge in [0.15, 0.2) is 0 Å². The maximum absolute atomic E-state index is 4.70. The van der Waals surface area contributed by atoms with Crippen LogP contribution in [0.15, 0.2) is 34.9 Å². The van der Waals surface area contributed by atoms with E-state index < -0.39 is 0 Å². The Bertz CT molecular complexity index is 596. The third kappa shape index (κ3) is 3.37. The summed E-state index contributed by atoms with van der Waals surface area (Å²) in [5.74, 6) is 2.10. The van der Waals surface area contributed by atoms with Crippen LogP contribution in [0.5, 0.6) is 0 Å². The molecule has 0 aliphatic carbocycles. The minimum Gasteiger partial charge on any atom is -0.327 e. The van der Waals surface area contributed by atoms with Crippen LogP contribution in [-0.4, -0.2) is 16.5 Å². The monoisotopic (exact) mass is 333 g/mol. The van der Waals surface area contributed by atoms with Gasteiger partial charge in [-0.25, -0.2) is 9.97 Å². The van der Waals surface area contributed by atoms with E-state index in [9.17, 15) is 0 Å². The number of rotatable bonds is 4. The standard InChI is InChI=1S/C16H20BrN3/c1-5-20(13-8-6-7-12(4)9-13)15-10-14(17)18-16(19-15)11(2)3/h6-11H,5H2,1-4H3. The van der Waals surface area contributed by atoms with Crippen molar-refractivity contribution in [1.29, 1.82) is 0 Å². The van der Waals surface area contributed by atoms with Crippen molar-refractivity contribution in [2.45, 2.75) is 33.6 Å². The summed E-state index contributed by atoms with van der Waals surface area (Å²) in [4.78, 5) is 11.3. The summed E-state index contributed by atoms with van der Waals surface area (Å²) in [6, 6.07) is 10.4. The number of aryl methyl sites for hydroxylation is 1. The predicted molar refractivity (Wildman–Crippen MR) is 87.7 cm³/mol. The first-order valence-electron chi connectivity index (χ1n) is 6.90. The summed E-state index contributed by atoms with van der Waals surface area (Å²) in [6.07, 6.45) is 0. The average molecular weight is 334 g/mol. The first-order chi connectivity index (χ1) is 9.51. The minimum atomic E-state index is 0.308. The van der Waals surface area contributed by atoms with E-state index in [0.717, 1.165) is 28.5 Å². The molecule has 1 heterocycles. The van der Waals surface area contributed by atoms with E-state index in [1.165, 1.54) is 5.56 Å². The molecule has 0 aliphatic heterocycles. The number of aromatic nitrogens is 2. The summed E-state index contributed by atoms with van der Waals surface area (Å²) >= 11 is 3.49. The average Bonchev–Trinajstić information content (AvgIpc) is 2.39. The van der Waals surface area contributed by atoms with E-state index in [2.05, 4.69) is 77.8 Å². The van der Waals surface area contributed by atoms with Gasteiger partial charge in [0.2, 0.25) is 0 Å². The fraction of sp³-hybridized carbons (Fsp3) is 0.375. The predicted octanol–water partition coefficient (Wildman–Crippen LogP) is 4.83.